The van der Waals surface area contributed by atoms with E-state index < -0.39 is 11.4 Å². The lowest BCUT2D eigenvalue weighted by Gasteiger charge is -2.36. The minimum Gasteiger partial charge on any atom is -0.481 e. The standard InChI is InChI=1S/C29H33N7O3/c1-4-29(27(37)38)11-9-20(10-12-29)34-26-22(25(31)32-15-33-26)23(30)18-5-7-19(8-6-18)35-28-36-21-14-16(2)13-17(3)24(21)39-28/h5-8,13-15,20,30H,4,9-12H2,1-3H3,(H,35,36)(H,37,38)(H3,31,32,33,34). The molecule has 0 bridgehead atoms. The van der Waals surface area contributed by atoms with E-state index in [1.54, 1.807) is 0 Å². The third-order valence-corrected chi connectivity index (χ3v) is 7.79. The molecule has 0 aliphatic heterocycles. The SMILES string of the molecule is CCC1(C(=O)O)CCC(Nc2ncnc(N)c2C(=N)c2ccc(Nc3nc4cc(C)cc(C)c4o3)cc2)CC1. The molecule has 10 nitrogen and oxygen atoms in total. The molecule has 2 aromatic carbocycles. The number of aliphatic carboxylic acids is 1. The number of nitrogens with one attached hydrogen (secondary N) is 3. The molecule has 4 aromatic rings. The lowest BCUT2D eigenvalue weighted by Crippen LogP contribution is -2.38. The van der Waals surface area contributed by atoms with Gasteiger partial charge in [0.1, 0.15) is 23.5 Å². The molecule has 0 amide bonds. The maximum absolute atomic E-state index is 11.8. The average molecular weight is 528 g/mol. The van der Waals surface area contributed by atoms with Crippen LogP contribution in [0.1, 0.15) is 61.3 Å². The van der Waals surface area contributed by atoms with Crippen LogP contribution in [0, 0.1) is 24.7 Å². The van der Waals surface area contributed by atoms with Gasteiger partial charge in [0.15, 0.2) is 5.58 Å². The van der Waals surface area contributed by atoms with Gasteiger partial charge in [-0.15, -0.1) is 0 Å². The number of carboxylic acid groups (broad SMARTS) is 1. The maximum Gasteiger partial charge on any atom is 0.309 e. The maximum atomic E-state index is 11.8. The van der Waals surface area contributed by atoms with Crippen LogP contribution in [0.25, 0.3) is 11.1 Å². The number of nitrogens with two attached hydrogens (primary N) is 1. The Kier molecular flexibility index (Phi) is 6.94. The Bertz CT molecular complexity index is 1540. The topological polar surface area (TPSA) is 163 Å². The molecule has 0 unspecified atom stereocenters. The second-order valence-corrected chi connectivity index (χ2v) is 10.4. The van der Waals surface area contributed by atoms with Crippen LogP contribution in [-0.2, 0) is 4.79 Å². The summed E-state index contributed by atoms with van der Waals surface area (Å²) in [6, 6.07) is 11.8. The molecule has 1 aliphatic carbocycles. The van der Waals surface area contributed by atoms with E-state index in [1.165, 1.54) is 6.33 Å². The van der Waals surface area contributed by atoms with E-state index >= 15 is 0 Å². The summed E-state index contributed by atoms with van der Waals surface area (Å²) in [7, 11) is 0. The number of fused-ring (bicyclic) bond motifs is 1. The van der Waals surface area contributed by atoms with Gasteiger partial charge in [0.2, 0.25) is 0 Å². The van der Waals surface area contributed by atoms with Crippen molar-refractivity contribution in [3.05, 3.63) is 65.0 Å². The van der Waals surface area contributed by atoms with Crippen LogP contribution < -0.4 is 16.4 Å². The van der Waals surface area contributed by atoms with Crippen LogP contribution in [0.4, 0.5) is 23.3 Å². The molecule has 2 aromatic heterocycles. The van der Waals surface area contributed by atoms with Crippen molar-refractivity contribution in [1.82, 2.24) is 15.0 Å². The van der Waals surface area contributed by atoms with Crippen LogP contribution in [0.3, 0.4) is 0 Å². The molecule has 0 saturated heterocycles. The monoisotopic (exact) mass is 527 g/mol. The van der Waals surface area contributed by atoms with E-state index in [9.17, 15) is 9.90 Å². The van der Waals surface area contributed by atoms with Gasteiger partial charge in [0.05, 0.1) is 16.7 Å². The molecule has 0 radical (unpaired) electrons. The highest BCUT2D eigenvalue weighted by molar-refractivity contribution is 6.16. The van der Waals surface area contributed by atoms with E-state index in [1.807, 2.05) is 51.1 Å². The van der Waals surface area contributed by atoms with E-state index in [0.717, 1.165) is 27.9 Å². The Hall–Kier alpha value is -4.47. The van der Waals surface area contributed by atoms with Crippen molar-refractivity contribution in [2.45, 2.75) is 58.9 Å². The first kappa shape index (κ1) is 26.1. The van der Waals surface area contributed by atoms with Crippen molar-refractivity contribution in [2.24, 2.45) is 5.41 Å². The van der Waals surface area contributed by atoms with Crippen molar-refractivity contribution < 1.29 is 14.3 Å². The van der Waals surface area contributed by atoms with Crippen LogP contribution in [-0.4, -0.2) is 37.8 Å². The molecule has 5 rings (SSSR count). The van der Waals surface area contributed by atoms with Gasteiger partial charge in [0, 0.05) is 17.3 Å². The summed E-state index contributed by atoms with van der Waals surface area (Å²) in [5.41, 5.74) is 11.3. The Morgan fingerprint density at radius 1 is 1.18 bits per heavy atom. The van der Waals surface area contributed by atoms with Crippen LogP contribution >= 0.6 is 0 Å². The molecular formula is C29H33N7O3. The summed E-state index contributed by atoms with van der Waals surface area (Å²) >= 11 is 0. The van der Waals surface area contributed by atoms with E-state index in [2.05, 4.69) is 31.7 Å². The minimum absolute atomic E-state index is 0.0418. The number of oxazole rings is 1. The predicted octanol–water partition coefficient (Wildman–Crippen LogP) is 5.81. The number of nitrogens with zero attached hydrogens (tertiary/aromatic N) is 3. The molecule has 0 spiro atoms. The van der Waals surface area contributed by atoms with Gasteiger partial charge in [-0.1, -0.05) is 25.1 Å². The third-order valence-electron chi connectivity index (χ3n) is 7.79. The quantitative estimate of drug-likeness (QED) is 0.178. The number of aryl methyl sites for hydroxylation is 2. The highest BCUT2D eigenvalue weighted by Gasteiger charge is 2.40. The predicted molar refractivity (Wildman–Crippen MR) is 152 cm³/mol. The molecule has 1 aliphatic rings. The Morgan fingerprint density at radius 2 is 1.90 bits per heavy atom. The number of nitrogen functional groups attached to an aromatic ring is 1. The molecule has 0 atom stereocenters. The number of benzene rings is 2. The molecular weight excluding hydrogens is 494 g/mol. The fraction of sp³-hybridized carbons (Fsp3) is 0.345. The largest absolute Gasteiger partial charge is 0.481 e. The van der Waals surface area contributed by atoms with Crippen molar-refractivity contribution in [2.75, 3.05) is 16.4 Å². The first-order valence-electron chi connectivity index (χ1n) is 13.1. The molecule has 202 valence electrons. The zero-order valence-electron chi connectivity index (χ0n) is 22.3. The van der Waals surface area contributed by atoms with Crippen molar-refractivity contribution >= 4 is 46.1 Å². The van der Waals surface area contributed by atoms with Crippen molar-refractivity contribution in [1.29, 1.82) is 5.41 Å². The fourth-order valence-corrected chi connectivity index (χ4v) is 5.40. The molecule has 1 saturated carbocycles. The summed E-state index contributed by atoms with van der Waals surface area (Å²) in [5.74, 6) is -0.0336. The Labute approximate surface area is 226 Å². The van der Waals surface area contributed by atoms with Crippen LogP contribution in [0.5, 0.6) is 0 Å². The van der Waals surface area contributed by atoms with Gasteiger partial charge in [-0.05, 0) is 75.3 Å². The number of hydrogen-bond acceptors (Lipinski definition) is 9. The van der Waals surface area contributed by atoms with Gasteiger partial charge in [-0.2, -0.15) is 4.98 Å². The smallest absolute Gasteiger partial charge is 0.309 e. The van der Waals surface area contributed by atoms with E-state index in [-0.39, 0.29) is 17.6 Å². The lowest BCUT2D eigenvalue weighted by atomic mass is 9.71. The van der Waals surface area contributed by atoms with Crippen molar-refractivity contribution in [3.63, 3.8) is 0 Å². The number of hydrogen-bond donors (Lipinski definition) is 5. The zero-order valence-corrected chi connectivity index (χ0v) is 22.3. The van der Waals surface area contributed by atoms with Gasteiger partial charge >= 0.3 is 5.97 Å². The summed E-state index contributed by atoms with van der Waals surface area (Å²) in [6.07, 6.45) is 4.58. The molecule has 10 heteroatoms. The normalized spacial score (nSPS) is 19.1. The lowest BCUT2D eigenvalue weighted by molar-refractivity contribution is -0.151. The van der Waals surface area contributed by atoms with Gasteiger partial charge in [-0.25, -0.2) is 9.97 Å². The molecule has 6 N–H and O–H groups in total. The zero-order chi connectivity index (χ0) is 27.7. The minimum atomic E-state index is -0.726. The Morgan fingerprint density at radius 3 is 2.56 bits per heavy atom. The number of aromatic nitrogens is 3. The number of anilines is 4. The van der Waals surface area contributed by atoms with Crippen LogP contribution in [0.15, 0.2) is 47.1 Å². The van der Waals surface area contributed by atoms with Gasteiger partial charge in [0.25, 0.3) is 6.01 Å². The summed E-state index contributed by atoms with van der Waals surface area (Å²) in [5, 5.41) is 25.2. The number of rotatable bonds is 8. The Balaban J connectivity index is 1.31. The highest BCUT2D eigenvalue weighted by atomic mass is 16.4. The third kappa shape index (κ3) is 5.14. The molecule has 2 heterocycles. The first-order valence-corrected chi connectivity index (χ1v) is 13.1. The van der Waals surface area contributed by atoms with Crippen molar-refractivity contribution in [3.8, 4) is 0 Å². The summed E-state index contributed by atoms with van der Waals surface area (Å²) in [6.45, 7) is 5.95. The summed E-state index contributed by atoms with van der Waals surface area (Å²) < 4.78 is 5.90. The van der Waals surface area contributed by atoms with Crippen LogP contribution in [0.2, 0.25) is 0 Å². The number of carbonyl (C=O) groups is 1. The number of carboxylic acids is 1. The second kappa shape index (κ2) is 10.4. The molecule has 1 fully saturated rings. The van der Waals surface area contributed by atoms with E-state index in [4.69, 9.17) is 15.6 Å². The molecule has 39 heavy (non-hydrogen) atoms. The fourth-order valence-electron chi connectivity index (χ4n) is 5.40. The van der Waals surface area contributed by atoms with Gasteiger partial charge in [-0.3, -0.25) is 10.2 Å². The van der Waals surface area contributed by atoms with E-state index in [0.29, 0.717) is 55.1 Å². The highest BCUT2D eigenvalue weighted by Crippen LogP contribution is 2.40. The summed E-state index contributed by atoms with van der Waals surface area (Å²) in [4.78, 5) is 24.9. The second-order valence-electron chi connectivity index (χ2n) is 10.4. The van der Waals surface area contributed by atoms with Gasteiger partial charge < -0.3 is 25.9 Å². The average Bonchev–Trinajstić information content (AvgIpc) is 3.32. The first-order chi connectivity index (χ1) is 18.7.